The summed E-state index contributed by atoms with van der Waals surface area (Å²) in [4.78, 5) is 24.0. The number of hydrogen-bond acceptors (Lipinski definition) is 3. The smallest absolute Gasteiger partial charge is 0.270 e. The monoisotopic (exact) mass is 380 g/mol. The largest absolute Gasteiger partial charge is 0.348 e. The van der Waals surface area contributed by atoms with Crippen LogP contribution in [0.4, 0.5) is 5.69 Å². The van der Waals surface area contributed by atoms with Gasteiger partial charge in [0, 0.05) is 30.3 Å². The minimum Gasteiger partial charge on any atom is -0.348 e. The highest BCUT2D eigenvalue weighted by molar-refractivity contribution is 5.91. The van der Waals surface area contributed by atoms with Gasteiger partial charge in [0.25, 0.3) is 5.69 Å². The first kappa shape index (κ1) is 19.8. The third kappa shape index (κ3) is 6.03. The van der Waals surface area contributed by atoms with E-state index in [2.05, 4.69) is 29.6 Å². The Kier molecular flexibility index (Phi) is 6.92. The number of hydrogen-bond donors (Lipinski definition) is 2. The Bertz CT molecular complexity index is 840. The van der Waals surface area contributed by atoms with Crippen molar-refractivity contribution in [3.63, 3.8) is 0 Å². The number of nitro groups is 1. The maximum Gasteiger partial charge on any atom is 0.270 e. The molecule has 1 aliphatic heterocycles. The zero-order chi connectivity index (χ0) is 19.8. The molecule has 1 amide bonds. The van der Waals surface area contributed by atoms with E-state index in [1.54, 1.807) is 23.1 Å². The van der Waals surface area contributed by atoms with Crippen molar-refractivity contribution >= 4 is 17.7 Å². The third-order valence-electron chi connectivity index (χ3n) is 5.01. The summed E-state index contributed by atoms with van der Waals surface area (Å²) in [6.45, 7) is 4.04. The van der Waals surface area contributed by atoms with Gasteiger partial charge in [0.15, 0.2) is 0 Å². The number of likely N-dealkylation sites (tertiary alicyclic amines) is 1. The van der Waals surface area contributed by atoms with E-state index in [-0.39, 0.29) is 11.6 Å². The van der Waals surface area contributed by atoms with Gasteiger partial charge in [0.2, 0.25) is 5.91 Å². The molecule has 2 N–H and O–H groups in total. The number of carbonyl (C=O) groups excluding carboxylic acids is 1. The fourth-order valence-corrected chi connectivity index (χ4v) is 3.45. The molecule has 1 heterocycles. The van der Waals surface area contributed by atoms with Crippen LogP contribution in [-0.4, -0.2) is 23.9 Å². The number of nitro benzene ring substituents is 1. The summed E-state index contributed by atoms with van der Waals surface area (Å²) >= 11 is 0. The van der Waals surface area contributed by atoms with Gasteiger partial charge in [0.1, 0.15) is 6.54 Å². The van der Waals surface area contributed by atoms with Gasteiger partial charge in [0.05, 0.1) is 18.0 Å². The first-order valence-electron chi connectivity index (χ1n) is 9.72. The van der Waals surface area contributed by atoms with Crippen molar-refractivity contribution in [2.75, 3.05) is 13.1 Å². The topological polar surface area (TPSA) is 76.7 Å². The summed E-state index contributed by atoms with van der Waals surface area (Å²) in [6, 6.07) is 14.6. The molecule has 6 heteroatoms. The molecule has 28 heavy (non-hydrogen) atoms. The van der Waals surface area contributed by atoms with Gasteiger partial charge in [-0.3, -0.25) is 14.9 Å². The van der Waals surface area contributed by atoms with Crippen molar-refractivity contribution in [1.82, 2.24) is 5.32 Å². The molecular formula is C22H26N3O3+. The zero-order valence-electron chi connectivity index (χ0n) is 15.9. The molecule has 0 spiro atoms. The van der Waals surface area contributed by atoms with Crippen molar-refractivity contribution in [1.29, 1.82) is 0 Å². The molecule has 1 fully saturated rings. The summed E-state index contributed by atoms with van der Waals surface area (Å²) in [5.41, 5.74) is 3.01. The van der Waals surface area contributed by atoms with Crippen LogP contribution in [0, 0.1) is 10.1 Å². The van der Waals surface area contributed by atoms with Gasteiger partial charge in [-0.1, -0.05) is 36.4 Å². The Morgan fingerprint density at radius 2 is 1.79 bits per heavy atom. The van der Waals surface area contributed by atoms with E-state index in [1.807, 2.05) is 0 Å². The highest BCUT2D eigenvalue weighted by atomic mass is 16.6. The lowest BCUT2D eigenvalue weighted by molar-refractivity contribution is -0.918. The van der Waals surface area contributed by atoms with Gasteiger partial charge in [-0.05, 0) is 36.5 Å². The highest BCUT2D eigenvalue weighted by Gasteiger charge is 2.13. The Morgan fingerprint density at radius 3 is 2.50 bits per heavy atom. The summed E-state index contributed by atoms with van der Waals surface area (Å²) < 4.78 is 0. The number of non-ortho nitro benzene ring substituents is 1. The van der Waals surface area contributed by atoms with E-state index < -0.39 is 4.92 Å². The standard InChI is InChI=1S/C22H25N3O3/c26-22(12-11-18-5-4-6-21(15-18)25(27)28)23-16-19-7-9-20(10-8-19)17-24-13-2-1-3-14-24/h4-12,15H,1-3,13-14,16-17H2,(H,23,26)/p+1/b12-11+. The average Bonchev–Trinajstić information content (AvgIpc) is 2.73. The molecule has 0 bridgehead atoms. The molecule has 0 aromatic heterocycles. The summed E-state index contributed by atoms with van der Waals surface area (Å²) in [6.07, 6.45) is 6.98. The van der Waals surface area contributed by atoms with E-state index in [0.717, 1.165) is 12.1 Å². The Balaban J connectivity index is 1.47. The SMILES string of the molecule is O=C(/C=C/c1cccc([N+](=O)[O-])c1)NCc1ccc(C[NH+]2CCCCC2)cc1. The fourth-order valence-electron chi connectivity index (χ4n) is 3.45. The van der Waals surface area contributed by atoms with Crippen LogP contribution in [-0.2, 0) is 17.9 Å². The van der Waals surface area contributed by atoms with Crippen molar-refractivity contribution < 1.29 is 14.6 Å². The lowest BCUT2D eigenvalue weighted by Gasteiger charge is -2.23. The second kappa shape index (κ2) is 9.80. The number of rotatable bonds is 7. The predicted molar refractivity (Wildman–Crippen MR) is 109 cm³/mol. The number of amides is 1. The molecule has 1 saturated heterocycles. The van der Waals surface area contributed by atoms with Crippen LogP contribution < -0.4 is 10.2 Å². The summed E-state index contributed by atoms with van der Waals surface area (Å²) in [5, 5.41) is 13.6. The van der Waals surface area contributed by atoms with Crippen LogP contribution in [0.2, 0.25) is 0 Å². The second-order valence-corrected chi connectivity index (χ2v) is 7.21. The zero-order valence-corrected chi connectivity index (χ0v) is 15.9. The maximum absolute atomic E-state index is 12.0. The van der Waals surface area contributed by atoms with Gasteiger partial charge in [-0.2, -0.15) is 0 Å². The van der Waals surface area contributed by atoms with Crippen molar-refractivity contribution in [3.8, 4) is 0 Å². The highest BCUT2D eigenvalue weighted by Crippen LogP contribution is 2.14. The van der Waals surface area contributed by atoms with Crippen molar-refractivity contribution in [2.24, 2.45) is 0 Å². The predicted octanol–water partition coefficient (Wildman–Crippen LogP) is 2.49. The second-order valence-electron chi connectivity index (χ2n) is 7.21. The summed E-state index contributed by atoms with van der Waals surface area (Å²) in [7, 11) is 0. The minimum atomic E-state index is -0.451. The van der Waals surface area contributed by atoms with Crippen molar-refractivity contribution in [2.45, 2.75) is 32.4 Å². The lowest BCUT2D eigenvalue weighted by atomic mass is 10.1. The molecule has 0 radical (unpaired) electrons. The first-order valence-corrected chi connectivity index (χ1v) is 9.72. The van der Waals surface area contributed by atoms with Crippen LogP contribution in [0.3, 0.4) is 0 Å². The molecule has 2 aromatic carbocycles. The van der Waals surface area contributed by atoms with E-state index in [1.165, 1.54) is 56.1 Å². The van der Waals surface area contributed by atoms with Crippen LogP contribution in [0.15, 0.2) is 54.6 Å². The van der Waals surface area contributed by atoms with Crippen LogP contribution in [0.5, 0.6) is 0 Å². The minimum absolute atomic E-state index is 0.00837. The molecule has 0 aliphatic carbocycles. The van der Waals surface area contributed by atoms with E-state index in [4.69, 9.17) is 0 Å². The Hall–Kier alpha value is -2.99. The van der Waals surface area contributed by atoms with E-state index in [9.17, 15) is 14.9 Å². The number of carbonyl (C=O) groups is 1. The molecule has 6 nitrogen and oxygen atoms in total. The molecule has 0 atom stereocenters. The fraction of sp³-hybridized carbons (Fsp3) is 0.318. The van der Waals surface area contributed by atoms with Gasteiger partial charge < -0.3 is 10.2 Å². The lowest BCUT2D eigenvalue weighted by Crippen LogP contribution is -3.11. The van der Waals surface area contributed by atoms with Gasteiger partial charge >= 0.3 is 0 Å². The normalized spacial score (nSPS) is 14.9. The molecule has 0 unspecified atom stereocenters. The Morgan fingerprint density at radius 1 is 1.07 bits per heavy atom. The first-order chi connectivity index (χ1) is 13.6. The van der Waals surface area contributed by atoms with E-state index in [0.29, 0.717) is 12.1 Å². The number of benzene rings is 2. The summed E-state index contributed by atoms with van der Waals surface area (Å²) in [5.74, 6) is -0.228. The van der Waals surface area contributed by atoms with Crippen LogP contribution >= 0.6 is 0 Å². The molecule has 1 aliphatic rings. The number of piperidine rings is 1. The molecule has 3 rings (SSSR count). The molecular weight excluding hydrogens is 354 g/mol. The molecule has 0 saturated carbocycles. The number of nitrogens with zero attached hydrogens (tertiary/aromatic N) is 1. The Labute approximate surface area is 165 Å². The molecule has 146 valence electrons. The maximum atomic E-state index is 12.0. The van der Waals surface area contributed by atoms with E-state index >= 15 is 0 Å². The van der Waals surface area contributed by atoms with Crippen LogP contribution in [0.25, 0.3) is 6.08 Å². The molecule has 2 aromatic rings. The third-order valence-corrected chi connectivity index (χ3v) is 5.01. The number of nitrogens with one attached hydrogen (secondary N) is 2. The number of quaternary nitrogens is 1. The average molecular weight is 380 g/mol. The van der Waals surface area contributed by atoms with Crippen LogP contribution in [0.1, 0.15) is 36.0 Å². The van der Waals surface area contributed by atoms with Crippen molar-refractivity contribution in [3.05, 3.63) is 81.4 Å². The van der Waals surface area contributed by atoms with Gasteiger partial charge in [-0.25, -0.2) is 0 Å². The quantitative estimate of drug-likeness (QED) is 0.440. The van der Waals surface area contributed by atoms with Gasteiger partial charge in [-0.15, -0.1) is 0 Å².